The fourth-order valence-electron chi connectivity index (χ4n) is 5.43. The van der Waals surface area contributed by atoms with E-state index in [1.807, 2.05) is 19.9 Å². The van der Waals surface area contributed by atoms with Crippen LogP contribution in [0.15, 0.2) is 24.4 Å². The van der Waals surface area contributed by atoms with Gasteiger partial charge in [-0.05, 0) is 63.2 Å². The molecule has 2 aromatic rings. The maximum atomic E-state index is 12.9. The number of amides is 1. The number of rotatable bonds is 5. The second kappa shape index (κ2) is 9.11. The number of allylic oxidation sites excluding steroid dienone is 2. The summed E-state index contributed by atoms with van der Waals surface area (Å²) in [6, 6.07) is 5.37. The minimum atomic E-state index is -1.33. The first-order valence-corrected chi connectivity index (χ1v) is 12.3. The van der Waals surface area contributed by atoms with E-state index in [0.717, 1.165) is 24.8 Å². The highest BCUT2D eigenvalue weighted by atomic mass is 16.5. The van der Waals surface area contributed by atoms with Gasteiger partial charge in [-0.15, -0.1) is 0 Å². The quantitative estimate of drug-likeness (QED) is 0.492. The molecule has 0 bridgehead atoms. The van der Waals surface area contributed by atoms with Crippen molar-refractivity contribution >= 4 is 17.2 Å². The van der Waals surface area contributed by atoms with Crippen molar-refractivity contribution in [1.29, 1.82) is 5.26 Å². The average molecular weight is 494 g/mol. The molecule has 192 valence electrons. The number of H-pyrrole nitrogens is 1. The Morgan fingerprint density at radius 3 is 2.58 bits per heavy atom. The topological polar surface area (TPSA) is 144 Å². The molecule has 9 nitrogen and oxygen atoms in total. The molecule has 3 heterocycles. The van der Waals surface area contributed by atoms with E-state index < -0.39 is 22.7 Å². The number of aromatic amines is 1. The van der Waals surface area contributed by atoms with E-state index >= 15 is 0 Å². The minimum absolute atomic E-state index is 0.0313. The van der Waals surface area contributed by atoms with Crippen molar-refractivity contribution in [3.63, 3.8) is 0 Å². The number of nitrogens with one attached hydrogen (secondary N) is 2. The van der Waals surface area contributed by atoms with Crippen LogP contribution in [0.2, 0.25) is 0 Å². The van der Waals surface area contributed by atoms with E-state index in [-0.39, 0.29) is 30.0 Å². The van der Waals surface area contributed by atoms with E-state index in [0.29, 0.717) is 23.5 Å². The number of nitrogens with zero attached hydrogens (tertiary/aromatic N) is 3. The van der Waals surface area contributed by atoms with Gasteiger partial charge in [-0.2, -0.15) is 5.26 Å². The predicted octanol–water partition coefficient (Wildman–Crippen LogP) is 4.05. The van der Waals surface area contributed by atoms with Crippen LogP contribution in [-0.4, -0.2) is 48.9 Å². The highest BCUT2D eigenvalue weighted by Crippen LogP contribution is 2.47. The van der Waals surface area contributed by atoms with Crippen LogP contribution < -0.4 is 5.32 Å². The van der Waals surface area contributed by atoms with Crippen molar-refractivity contribution in [2.75, 3.05) is 11.9 Å². The number of anilines is 1. The Balaban J connectivity index is 1.75. The Morgan fingerprint density at radius 2 is 1.97 bits per heavy atom. The molecule has 4 N–H and O–H groups in total. The number of carbonyl (C=O) groups is 1. The van der Waals surface area contributed by atoms with Crippen molar-refractivity contribution in [3.05, 3.63) is 47.3 Å². The van der Waals surface area contributed by atoms with Gasteiger partial charge >= 0.3 is 0 Å². The molecule has 36 heavy (non-hydrogen) atoms. The summed E-state index contributed by atoms with van der Waals surface area (Å²) in [5, 5.41) is 33.7. The van der Waals surface area contributed by atoms with Gasteiger partial charge in [-0.1, -0.05) is 19.9 Å². The van der Waals surface area contributed by atoms with E-state index in [1.54, 1.807) is 19.1 Å². The number of aromatic nitrogens is 3. The lowest BCUT2D eigenvalue weighted by molar-refractivity contribution is -0.241. The third kappa shape index (κ3) is 5.36. The standard InChI is InChI=1S/C27H35N5O4/c1-24(2)10-8-17(9-11-24)21-19(31-23(34)22-29-13-18(12-28)30-22)6-7-20(32-21)27(35)14-25(3,4)36-26(5,15-27)16-33/h6-8,13,33,35H,9-11,14-16H2,1-5H3,(H,29,30)(H,31,34)/t26-,27+/m1/s1. The molecule has 1 aliphatic carbocycles. The first kappa shape index (κ1) is 26.0. The van der Waals surface area contributed by atoms with Crippen LogP contribution in [0.25, 0.3) is 5.57 Å². The molecule has 0 saturated carbocycles. The van der Waals surface area contributed by atoms with Crippen LogP contribution in [0, 0.1) is 16.7 Å². The van der Waals surface area contributed by atoms with Gasteiger partial charge in [0.05, 0.1) is 34.9 Å². The van der Waals surface area contributed by atoms with Gasteiger partial charge in [0.25, 0.3) is 5.91 Å². The van der Waals surface area contributed by atoms with Crippen molar-refractivity contribution in [2.24, 2.45) is 5.41 Å². The zero-order valence-electron chi connectivity index (χ0n) is 21.6. The maximum Gasteiger partial charge on any atom is 0.291 e. The second-order valence-electron chi connectivity index (χ2n) is 11.7. The molecule has 0 aromatic carbocycles. The number of hydrogen-bond acceptors (Lipinski definition) is 7. The first-order chi connectivity index (χ1) is 16.8. The summed E-state index contributed by atoms with van der Waals surface area (Å²) in [5.41, 5.74) is -0.0297. The fourth-order valence-corrected chi connectivity index (χ4v) is 5.43. The van der Waals surface area contributed by atoms with Gasteiger partial charge in [0, 0.05) is 19.0 Å². The van der Waals surface area contributed by atoms with E-state index in [4.69, 9.17) is 15.0 Å². The molecule has 2 atom stereocenters. The first-order valence-electron chi connectivity index (χ1n) is 12.3. The fraction of sp³-hybridized carbons (Fsp3) is 0.556. The summed E-state index contributed by atoms with van der Waals surface area (Å²) in [4.78, 5) is 24.5. The van der Waals surface area contributed by atoms with Gasteiger partial charge in [-0.25, -0.2) is 9.97 Å². The van der Waals surface area contributed by atoms with Gasteiger partial charge in [0.2, 0.25) is 0 Å². The summed E-state index contributed by atoms with van der Waals surface area (Å²) >= 11 is 0. The molecule has 0 spiro atoms. The summed E-state index contributed by atoms with van der Waals surface area (Å²) in [7, 11) is 0. The van der Waals surface area contributed by atoms with Crippen molar-refractivity contribution in [2.45, 2.75) is 83.5 Å². The van der Waals surface area contributed by atoms with Crippen LogP contribution in [0.5, 0.6) is 0 Å². The smallest absolute Gasteiger partial charge is 0.291 e. The number of ether oxygens (including phenoxy) is 1. The van der Waals surface area contributed by atoms with Crippen molar-refractivity contribution in [3.8, 4) is 6.07 Å². The van der Waals surface area contributed by atoms with Crippen LogP contribution in [-0.2, 0) is 10.3 Å². The second-order valence-corrected chi connectivity index (χ2v) is 11.7. The SMILES string of the molecule is CC1(C)CC=C(c2nc([C@]3(O)CC(C)(C)O[C@@](C)(CO)C3)ccc2NC(=O)c2nc(C#N)c[nH]2)CC1. The molecule has 1 saturated heterocycles. The Labute approximate surface area is 211 Å². The van der Waals surface area contributed by atoms with Crippen LogP contribution >= 0.6 is 0 Å². The van der Waals surface area contributed by atoms with E-state index in [2.05, 4.69) is 35.2 Å². The van der Waals surface area contributed by atoms with Gasteiger partial charge < -0.3 is 25.3 Å². The van der Waals surface area contributed by atoms with Crippen LogP contribution in [0.3, 0.4) is 0 Å². The molecule has 9 heteroatoms. The zero-order valence-corrected chi connectivity index (χ0v) is 21.6. The highest BCUT2D eigenvalue weighted by Gasteiger charge is 2.51. The Bertz CT molecular complexity index is 1240. The number of pyridine rings is 1. The number of carbonyl (C=O) groups excluding carboxylic acids is 1. The Morgan fingerprint density at radius 1 is 1.22 bits per heavy atom. The number of aliphatic hydroxyl groups excluding tert-OH is 1. The lowest BCUT2D eigenvalue weighted by atomic mass is 9.74. The molecule has 4 rings (SSSR count). The van der Waals surface area contributed by atoms with Crippen LogP contribution in [0.4, 0.5) is 5.69 Å². The molecule has 2 aromatic heterocycles. The lowest BCUT2D eigenvalue weighted by Crippen LogP contribution is -2.55. The molecular weight excluding hydrogens is 458 g/mol. The van der Waals surface area contributed by atoms with Crippen molar-refractivity contribution < 1.29 is 19.7 Å². The number of hydrogen-bond donors (Lipinski definition) is 4. The summed E-state index contributed by atoms with van der Waals surface area (Å²) < 4.78 is 6.09. The van der Waals surface area contributed by atoms with Gasteiger partial charge in [0.15, 0.2) is 11.5 Å². The largest absolute Gasteiger partial charge is 0.393 e. The summed E-state index contributed by atoms with van der Waals surface area (Å²) in [6.07, 6.45) is 6.66. The molecule has 0 radical (unpaired) electrons. The Kier molecular flexibility index (Phi) is 6.58. The van der Waals surface area contributed by atoms with Gasteiger partial charge in [0.1, 0.15) is 11.7 Å². The molecule has 0 unspecified atom stereocenters. The molecule has 1 aliphatic heterocycles. The normalized spacial score (nSPS) is 27.1. The van der Waals surface area contributed by atoms with Gasteiger partial charge in [-0.3, -0.25) is 4.79 Å². The maximum absolute atomic E-state index is 12.9. The third-order valence-electron chi connectivity index (χ3n) is 7.05. The highest BCUT2D eigenvalue weighted by molar-refractivity contribution is 6.03. The monoisotopic (exact) mass is 493 g/mol. The molecule has 1 amide bonds. The van der Waals surface area contributed by atoms with E-state index in [9.17, 15) is 15.0 Å². The molecule has 2 aliphatic rings. The average Bonchev–Trinajstić information content (AvgIpc) is 3.27. The number of imidazole rings is 1. The van der Waals surface area contributed by atoms with E-state index in [1.165, 1.54) is 6.20 Å². The number of aliphatic hydroxyl groups is 2. The lowest BCUT2D eigenvalue weighted by Gasteiger charge is -2.50. The van der Waals surface area contributed by atoms with Crippen LogP contribution in [0.1, 0.15) is 94.4 Å². The summed E-state index contributed by atoms with van der Waals surface area (Å²) in [5.74, 6) is -0.452. The molecular formula is C27H35N5O4. The Hall–Kier alpha value is -3.06. The zero-order chi connectivity index (χ0) is 26.4. The van der Waals surface area contributed by atoms with Crippen molar-refractivity contribution in [1.82, 2.24) is 15.0 Å². The third-order valence-corrected chi connectivity index (χ3v) is 7.05. The molecule has 1 fully saturated rings. The predicted molar refractivity (Wildman–Crippen MR) is 135 cm³/mol. The number of nitriles is 1. The minimum Gasteiger partial charge on any atom is -0.393 e. The summed E-state index contributed by atoms with van der Waals surface area (Å²) in [6.45, 7) is 9.79.